The van der Waals surface area contributed by atoms with Gasteiger partial charge in [-0.1, -0.05) is 18.2 Å². The van der Waals surface area contributed by atoms with E-state index in [0.717, 1.165) is 11.9 Å². The van der Waals surface area contributed by atoms with Crippen LogP contribution < -0.4 is 11.2 Å². The molecule has 0 saturated heterocycles. The average molecular weight is 324 g/mol. The summed E-state index contributed by atoms with van der Waals surface area (Å²) in [4.78, 5) is 32.7. The number of pyridine rings is 1. The van der Waals surface area contributed by atoms with E-state index >= 15 is 0 Å². The number of aromatic nitrogens is 3. The number of aryl methyl sites for hydroxylation is 1. The molecule has 124 valence electrons. The van der Waals surface area contributed by atoms with Crippen LogP contribution in [0, 0.1) is 6.92 Å². The third-order valence-corrected chi connectivity index (χ3v) is 4.07. The smallest absolute Gasteiger partial charge is 0.311 e. The van der Waals surface area contributed by atoms with Crippen LogP contribution in [0.15, 0.2) is 52.3 Å². The van der Waals surface area contributed by atoms with Crippen molar-refractivity contribution < 1.29 is 0 Å². The highest BCUT2D eigenvalue weighted by Gasteiger charge is 2.07. The molecule has 0 amide bonds. The van der Waals surface area contributed by atoms with Crippen LogP contribution in [0.5, 0.6) is 0 Å². The van der Waals surface area contributed by atoms with E-state index in [0.29, 0.717) is 18.8 Å². The van der Waals surface area contributed by atoms with Crippen molar-refractivity contribution in [2.24, 2.45) is 0 Å². The van der Waals surface area contributed by atoms with Crippen molar-refractivity contribution in [3.05, 3.63) is 74.8 Å². The first-order valence-electron chi connectivity index (χ1n) is 7.85. The fourth-order valence-corrected chi connectivity index (χ4v) is 2.82. The summed E-state index contributed by atoms with van der Waals surface area (Å²) >= 11 is 0. The van der Waals surface area contributed by atoms with Crippen LogP contribution in [0.4, 0.5) is 0 Å². The van der Waals surface area contributed by atoms with Crippen molar-refractivity contribution in [3.63, 3.8) is 0 Å². The van der Waals surface area contributed by atoms with Crippen molar-refractivity contribution in [1.82, 2.24) is 19.4 Å². The molecule has 0 fully saturated rings. The fourth-order valence-electron chi connectivity index (χ4n) is 2.82. The summed E-state index contributed by atoms with van der Waals surface area (Å²) in [5, 5.41) is 2.28. The Morgan fingerprint density at radius 2 is 2.08 bits per heavy atom. The molecule has 0 radical (unpaired) electrons. The average Bonchev–Trinajstić information content (AvgIpc) is 2.54. The number of likely N-dealkylation sites (N-methyl/N-ethyl adjacent to an activating group) is 1. The van der Waals surface area contributed by atoms with E-state index in [1.165, 1.54) is 21.6 Å². The van der Waals surface area contributed by atoms with Crippen molar-refractivity contribution >= 4 is 10.8 Å². The normalized spacial score (nSPS) is 11.3. The molecule has 0 spiro atoms. The fraction of sp³-hybridized carbons (Fsp3) is 0.278. The second kappa shape index (κ2) is 6.80. The summed E-state index contributed by atoms with van der Waals surface area (Å²) in [5.41, 5.74) is 1.16. The maximum absolute atomic E-state index is 11.9. The number of rotatable bonds is 5. The maximum Gasteiger partial charge on any atom is 0.328 e. The van der Waals surface area contributed by atoms with Gasteiger partial charge >= 0.3 is 5.69 Å². The molecule has 24 heavy (non-hydrogen) atoms. The van der Waals surface area contributed by atoms with Crippen LogP contribution in [-0.4, -0.2) is 33.0 Å². The Balaban J connectivity index is 1.73. The van der Waals surface area contributed by atoms with Crippen LogP contribution in [-0.2, 0) is 13.1 Å². The number of fused-ring (bicyclic) bond motifs is 1. The van der Waals surface area contributed by atoms with Crippen LogP contribution in [0.2, 0.25) is 0 Å². The largest absolute Gasteiger partial charge is 0.328 e. The lowest BCUT2D eigenvalue weighted by Crippen LogP contribution is -2.38. The van der Waals surface area contributed by atoms with Gasteiger partial charge in [0.15, 0.2) is 0 Å². The van der Waals surface area contributed by atoms with E-state index in [1.54, 1.807) is 13.1 Å². The lowest BCUT2D eigenvalue weighted by atomic mass is 10.1. The summed E-state index contributed by atoms with van der Waals surface area (Å²) in [6.45, 7) is 3.40. The molecule has 1 aromatic carbocycles. The van der Waals surface area contributed by atoms with Crippen molar-refractivity contribution in [3.8, 4) is 0 Å². The van der Waals surface area contributed by atoms with Gasteiger partial charge in [-0.2, -0.15) is 0 Å². The van der Waals surface area contributed by atoms with Gasteiger partial charge in [0.2, 0.25) is 0 Å². The zero-order chi connectivity index (χ0) is 17.1. The molecule has 0 unspecified atom stereocenters. The number of nitrogens with one attached hydrogen (secondary N) is 1. The number of hydrogen-bond donors (Lipinski definition) is 1. The first-order valence-corrected chi connectivity index (χ1v) is 7.85. The van der Waals surface area contributed by atoms with Gasteiger partial charge in [-0.15, -0.1) is 0 Å². The van der Waals surface area contributed by atoms with Crippen molar-refractivity contribution in [1.29, 1.82) is 0 Å². The highest BCUT2D eigenvalue weighted by molar-refractivity contribution is 5.84. The lowest BCUT2D eigenvalue weighted by Gasteiger charge is -2.18. The third kappa shape index (κ3) is 3.44. The minimum atomic E-state index is -0.357. The molecule has 2 heterocycles. The third-order valence-electron chi connectivity index (χ3n) is 4.07. The van der Waals surface area contributed by atoms with Gasteiger partial charge in [-0.05, 0) is 31.0 Å². The van der Waals surface area contributed by atoms with Crippen molar-refractivity contribution in [2.45, 2.75) is 20.0 Å². The lowest BCUT2D eigenvalue weighted by molar-refractivity contribution is 0.308. The second-order valence-electron chi connectivity index (χ2n) is 6.00. The molecule has 2 aromatic heterocycles. The molecular formula is C18H20N4O2. The standard InChI is InChI=1S/C18H20N4O2/c1-13-10-17(23)22(18(24)20-13)9-8-21(2)12-15-5-3-4-14-11-19-7-6-16(14)15/h3-7,10-11H,8-9,12H2,1-2H3,(H,20,24). The van der Waals surface area contributed by atoms with E-state index in [-0.39, 0.29) is 11.2 Å². The first kappa shape index (κ1) is 16.1. The Hall–Kier alpha value is -2.73. The summed E-state index contributed by atoms with van der Waals surface area (Å²) in [6.07, 6.45) is 3.64. The van der Waals surface area contributed by atoms with Crippen LogP contribution in [0.1, 0.15) is 11.3 Å². The highest BCUT2D eigenvalue weighted by Crippen LogP contribution is 2.18. The minimum Gasteiger partial charge on any atom is -0.311 e. The molecular weight excluding hydrogens is 304 g/mol. The highest BCUT2D eigenvalue weighted by atomic mass is 16.2. The Labute approximate surface area is 139 Å². The predicted octanol–water partition coefficient (Wildman–Crippen LogP) is 1.53. The van der Waals surface area contributed by atoms with Gasteiger partial charge in [-0.3, -0.25) is 14.3 Å². The number of aromatic amines is 1. The summed E-state index contributed by atoms with van der Waals surface area (Å²) in [6, 6.07) is 9.59. The van der Waals surface area contributed by atoms with E-state index in [9.17, 15) is 9.59 Å². The molecule has 0 saturated carbocycles. The number of benzene rings is 1. The Bertz CT molecular complexity index is 938. The van der Waals surface area contributed by atoms with Crippen molar-refractivity contribution in [2.75, 3.05) is 13.6 Å². The monoisotopic (exact) mass is 324 g/mol. The minimum absolute atomic E-state index is 0.263. The van der Waals surface area contributed by atoms with Crippen LogP contribution >= 0.6 is 0 Å². The quantitative estimate of drug-likeness (QED) is 0.772. The SMILES string of the molecule is Cc1cc(=O)n(CCN(C)Cc2cccc3cnccc23)c(=O)[nH]1. The Kier molecular flexibility index (Phi) is 4.57. The van der Waals surface area contributed by atoms with Gasteiger partial charge < -0.3 is 9.88 Å². The van der Waals surface area contributed by atoms with Gasteiger partial charge in [0, 0.05) is 49.2 Å². The van der Waals surface area contributed by atoms with Crippen LogP contribution in [0.3, 0.4) is 0 Å². The van der Waals surface area contributed by atoms with E-state index in [2.05, 4.69) is 20.9 Å². The van der Waals surface area contributed by atoms with Gasteiger partial charge in [0.05, 0.1) is 0 Å². The molecule has 3 aromatic rings. The van der Waals surface area contributed by atoms with Gasteiger partial charge in [0.1, 0.15) is 0 Å². The van der Waals surface area contributed by atoms with Crippen LogP contribution in [0.25, 0.3) is 10.8 Å². The molecule has 1 N–H and O–H groups in total. The summed E-state index contributed by atoms with van der Waals surface area (Å²) in [7, 11) is 1.98. The number of hydrogen-bond acceptors (Lipinski definition) is 4. The number of nitrogens with zero attached hydrogens (tertiary/aromatic N) is 3. The molecule has 0 atom stereocenters. The molecule has 0 aliphatic heterocycles. The topological polar surface area (TPSA) is 71.0 Å². The first-order chi connectivity index (χ1) is 11.5. The summed E-state index contributed by atoms with van der Waals surface area (Å²) in [5.74, 6) is 0. The predicted molar refractivity (Wildman–Crippen MR) is 94.1 cm³/mol. The molecule has 3 rings (SSSR count). The van der Waals surface area contributed by atoms with E-state index in [1.807, 2.05) is 31.4 Å². The van der Waals surface area contributed by atoms with Gasteiger partial charge in [-0.25, -0.2) is 4.79 Å². The van der Waals surface area contributed by atoms with E-state index < -0.39 is 0 Å². The second-order valence-corrected chi connectivity index (χ2v) is 6.00. The zero-order valence-corrected chi connectivity index (χ0v) is 13.8. The van der Waals surface area contributed by atoms with E-state index in [4.69, 9.17) is 0 Å². The molecule has 6 heteroatoms. The molecule has 0 bridgehead atoms. The molecule has 6 nitrogen and oxygen atoms in total. The Morgan fingerprint density at radius 3 is 2.88 bits per heavy atom. The number of H-pyrrole nitrogens is 1. The summed E-state index contributed by atoms with van der Waals surface area (Å²) < 4.78 is 1.23. The molecule has 0 aliphatic carbocycles. The Morgan fingerprint density at radius 1 is 1.25 bits per heavy atom. The molecule has 0 aliphatic rings. The van der Waals surface area contributed by atoms with Gasteiger partial charge in [0.25, 0.3) is 5.56 Å². The zero-order valence-electron chi connectivity index (χ0n) is 13.8. The maximum atomic E-state index is 11.9.